The Balaban J connectivity index is 0.00000312. The van der Waals surface area contributed by atoms with Crippen molar-refractivity contribution in [2.24, 2.45) is 5.92 Å². The lowest BCUT2D eigenvalue weighted by molar-refractivity contribution is -0.139. The first-order chi connectivity index (χ1) is 11.5. The highest BCUT2D eigenvalue weighted by molar-refractivity contribution is 5.85. The molecule has 0 saturated carbocycles. The molecule has 1 aliphatic heterocycles. The number of ether oxygens (including phenoxy) is 1. The van der Waals surface area contributed by atoms with E-state index in [4.69, 9.17) is 4.74 Å². The van der Waals surface area contributed by atoms with Gasteiger partial charge in [0.05, 0.1) is 12.1 Å². The van der Waals surface area contributed by atoms with Crippen molar-refractivity contribution in [1.82, 2.24) is 10.6 Å². The number of alkyl halides is 3. The van der Waals surface area contributed by atoms with Gasteiger partial charge in [-0.25, -0.2) is 0 Å². The predicted octanol–water partition coefficient (Wildman–Crippen LogP) is 3.40. The van der Waals surface area contributed by atoms with Crippen molar-refractivity contribution in [2.75, 3.05) is 26.2 Å². The second-order valence-electron chi connectivity index (χ2n) is 5.92. The average Bonchev–Trinajstić information content (AvgIpc) is 2.57. The van der Waals surface area contributed by atoms with Crippen molar-refractivity contribution in [2.45, 2.75) is 31.9 Å². The van der Waals surface area contributed by atoms with Crippen LogP contribution < -0.4 is 15.4 Å². The van der Waals surface area contributed by atoms with Gasteiger partial charge in [-0.1, -0.05) is 12.1 Å². The summed E-state index contributed by atoms with van der Waals surface area (Å²) in [7, 11) is 0. The first kappa shape index (κ1) is 21.6. The van der Waals surface area contributed by atoms with Crippen molar-refractivity contribution in [3.8, 4) is 5.75 Å². The summed E-state index contributed by atoms with van der Waals surface area (Å²) in [5.41, 5.74) is -0.803. The number of carbonyl (C=O) groups is 1. The number of hydrogen-bond donors (Lipinski definition) is 2. The van der Waals surface area contributed by atoms with E-state index in [1.54, 1.807) is 0 Å². The molecule has 142 valence electrons. The molecule has 0 aliphatic carbocycles. The average molecular weight is 381 g/mol. The minimum atomic E-state index is -4.45. The molecule has 4 nitrogen and oxygen atoms in total. The minimum absolute atomic E-state index is 0. The smallest absolute Gasteiger partial charge is 0.419 e. The number of para-hydroxylation sites is 1. The van der Waals surface area contributed by atoms with Crippen LogP contribution in [0.25, 0.3) is 0 Å². The Bertz CT molecular complexity index is 535. The highest BCUT2D eigenvalue weighted by Gasteiger charge is 2.33. The molecule has 1 amide bonds. The Morgan fingerprint density at radius 3 is 2.60 bits per heavy atom. The molecule has 1 aliphatic rings. The molecular weight excluding hydrogens is 357 g/mol. The van der Waals surface area contributed by atoms with E-state index in [1.807, 2.05) is 0 Å². The fraction of sp³-hybridized carbons (Fsp3) is 0.588. The van der Waals surface area contributed by atoms with Crippen LogP contribution in [0.4, 0.5) is 13.2 Å². The summed E-state index contributed by atoms with van der Waals surface area (Å²) in [5.74, 6) is 0.280. The molecule has 8 heteroatoms. The summed E-state index contributed by atoms with van der Waals surface area (Å²) < 4.78 is 43.6. The molecule has 0 radical (unpaired) electrons. The second kappa shape index (κ2) is 10.5. The summed E-state index contributed by atoms with van der Waals surface area (Å²) in [6, 6.07) is 5.06. The molecule has 0 spiro atoms. The van der Waals surface area contributed by atoms with Gasteiger partial charge in [0.25, 0.3) is 0 Å². The molecular formula is C17H24ClF3N2O2. The molecule has 1 fully saturated rings. The minimum Gasteiger partial charge on any atom is -0.491 e. The van der Waals surface area contributed by atoms with E-state index >= 15 is 0 Å². The number of amides is 1. The lowest BCUT2D eigenvalue weighted by Crippen LogP contribution is -2.31. The zero-order valence-corrected chi connectivity index (χ0v) is 14.7. The first-order valence-electron chi connectivity index (χ1n) is 8.23. The van der Waals surface area contributed by atoms with Gasteiger partial charge in [0, 0.05) is 6.42 Å². The molecule has 2 rings (SSSR count). The molecule has 1 saturated heterocycles. The fourth-order valence-corrected chi connectivity index (χ4v) is 2.77. The van der Waals surface area contributed by atoms with Gasteiger partial charge in [0.1, 0.15) is 12.4 Å². The third-order valence-electron chi connectivity index (χ3n) is 4.11. The summed E-state index contributed by atoms with van der Waals surface area (Å²) in [6.07, 6.45) is -0.973. The molecule has 0 atom stereocenters. The number of benzene rings is 1. The SMILES string of the molecule is Cl.O=C(CCC1CCNCC1)NCCOc1ccccc1C(F)(F)F. The molecule has 25 heavy (non-hydrogen) atoms. The zero-order chi connectivity index (χ0) is 17.4. The number of halogens is 4. The third kappa shape index (κ3) is 7.52. The number of nitrogens with one attached hydrogen (secondary N) is 2. The van der Waals surface area contributed by atoms with Gasteiger partial charge in [-0.05, 0) is 50.4 Å². The Hall–Kier alpha value is -1.47. The van der Waals surface area contributed by atoms with Crippen LogP contribution in [0.2, 0.25) is 0 Å². The number of piperidine rings is 1. The van der Waals surface area contributed by atoms with Gasteiger partial charge in [0.2, 0.25) is 5.91 Å². The van der Waals surface area contributed by atoms with Crippen molar-refractivity contribution >= 4 is 18.3 Å². The highest BCUT2D eigenvalue weighted by Crippen LogP contribution is 2.35. The lowest BCUT2D eigenvalue weighted by Gasteiger charge is -2.22. The summed E-state index contributed by atoms with van der Waals surface area (Å²) in [6.45, 7) is 2.20. The number of carbonyl (C=O) groups excluding carboxylic acids is 1. The van der Waals surface area contributed by atoms with Crippen LogP contribution in [0.3, 0.4) is 0 Å². The number of rotatable bonds is 7. The van der Waals surface area contributed by atoms with Crippen molar-refractivity contribution in [1.29, 1.82) is 0 Å². The standard InChI is InChI=1S/C17H23F3N2O2.ClH/c18-17(19,20)14-3-1-2-4-15(14)24-12-11-22-16(23)6-5-13-7-9-21-10-8-13;/h1-4,13,21H,5-12H2,(H,22,23);1H. The van der Waals surface area contributed by atoms with Crippen molar-refractivity contribution < 1.29 is 22.7 Å². The van der Waals surface area contributed by atoms with E-state index in [2.05, 4.69) is 10.6 Å². The predicted molar refractivity (Wildman–Crippen MR) is 92.0 cm³/mol. The maximum Gasteiger partial charge on any atom is 0.419 e. The number of hydrogen-bond acceptors (Lipinski definition) is 3. The highest BCUT2D eigenvalue weighted by atomic mass is 35.5. The quantitative estimate of drug-likeness (QED) is 0.713. The van der Waals surface area contributed by atoms with Crippen LogP contribution in [-0.2, 0) is 11.0 Å². The van der Waals surface area contributed by atoms with Crippen LogP contribution in [-0.4, -0.2) is 32.1 Å². The second-order valence-corrected chi connectivity index (χ2v) is 5.92. The maximum absolute atomic E-state index is 12.8. The van der Waals surface area contributed by atoms with E-state index in [1.165, 1.54) is 18.2 Å². The van der Waals surface area contributed by atoms with E-state index in [0.717, 1.165) is 38.4 Å². The summed E-state index contributed by atoms with van der Waals surface area (Å²) in [4.78, 5) is 11.8. The molecule has 1 heterocycles. The van der Waals surface area contributed by atoms with Crippen LogP contribution in [0.1, 0.15) is 31.2 Å². The van der Waals surface area contributed by atoms with Crippen LogP contribution in [0.15, 0.2) is 24.3 Å². The van der Waals surface area contributed by atoms with Gasteiger partial charge < -0.3 is 15.4 Å². The van der Waals surface area contributed by atoms with Crippen molar-refractivity contribution in [3.63, 3.8) is 0 Å². The summed E-state index contributed by atoms with van der Waals surface area (Å²) in [5, 5.41) is 5.97. The molecule has 1 aromatic rings. The summed E-state index contributed by atoms with van der Waals surface area (Å²) >= 11 is 0. The third-order valence-corrected chi connectivity index (χ3v) is 4.11. The van der Waals surface area contributed by atoms with Crippen LogP contribution in [0, 0.1) is 5.92 Å². The van der Waals surface area contributed by atoms with E-state index in [9.17, 15) is 18.0 Å². The van der Waals surface area contributed by atoms with E-state index in [-0.39, 0.29) is 37.2 Å². The fourth-order valence-electron chi connectivity index (χ4n) is 2.77. The molecule has 0 bridgehead atoms. The van der Waals surface area contributed by atoms with Gasteiger partial charge >= 0.3 is 6.18 Å². The van der Waals surface area contributed by atoms with E-state index < -0.39 is 11.7 Å². The van der Waals surface area contributed by atoms with Crippen LogP contribution in [0.5, 0.6) is 5.75 Å². The van der Waals surface area contributed by atoms with E-state index in [0.29, 0.717) is 12.3 Å². The molecule has 2 N–H and O–H groups in total. The van der Waals surface area contributed by atoms with Gasteiger partial charge in [0.15, 0.2) is 0 Å². The van der Waals surface area contributed by atoms with Crippen LogP contribution >= 0.6 is 12.4 Å². The van der Waals surface area contributed by atoms with Gasteiger partial charge in [-0.3, -0.25) is 4.79 Å². The normalized spacial score (nSPS) is 15.3. The maximum atomic E-state index is 12.8. The van der Waals surface area contributed by atoms with Crippen molar-refractivity contribution in [3.05, 3.63) is 29.8 Å². The molecule has 1 aromatic carbocycles. The topological polar surface area (TPSA) is 50.4 Å². The van der Waals surface area contributed by atoms with Gasteiger partial charge in [-0.15, -0.1) is 12.4 Å². The first-order valence-corrected chi connectivity index (χ1v) is 8.23. The van der Waals surface area contributed by atoms with Gasteiger partial charge in [-0.2, -0.15) is 13.2 Å². The zero-order valence-electron chi connectivity index (χ0n) is 13.9. The molecule has 0 unspecified atom stereocenters. The Morgan fingerprint density at radius 2 is 1.92 bits per heavy atom. The Morgan fingerprint density at radius 1 is 1.24 bits per heavy atom. The Labute approximate surface area is 151 Å². The monoisotopic (exact) mass is 380 g/mol. The molecule has 0 aromatic heterocycles. The lowest BCUT2D eigenvalue weighted by atomic mass is 9.93. The largest absolute Gasteiger partial charge is 0.491 e. The Kier molecular flexibility index (Phi) is 9.06.